The van der Waals surface area contributed by atoms with Gasteiger partial charge in [0.2, 0.25) is 5.95 Å². The second-order valence-electron chi connectivity index (χ2n) is 12.3. The van der Waals surface area contributed by atoms with E-state index in [4.69, 9.17) is 9.41 Å². The van der Waals surface area contributed by atoms with Gasteiger partial charge in [-0.25, -0.2) is 9.97 Å². The van der Waals surface area contributed by atoms with Gasteiger partial charge < -0.3 is 20.0 Å². The smallest absolute Gasteiger partial charge is 0.274 e. The summed E-state index contributed by atoms with van der Waals surface area (Å²) in [6.45, 7) is 15.9. The number of carbonyl (C=O) groups excluding carboxylic acids is 1. The molecule has 1 aromatic carbocycles. The zero-order valence-electron chi connectivity index (χ0n) is 23.7. The third-order valence-corrected chi connectivity index (χ3v) is 12.8. The molecule has 0 unspecified atom stereocenters. The highest BCUT2D eigenvalue weighted by Crippen LogP contribution is 2.44. The average Bonchev–Trinajstić information content (AvgIpc) is 3.45. The Balaban J connectivity index is 1.46. The maximum atomic E-state index is 12.7. The summed E-state index contributed by atoms with van der Waals surface area (Å²) < 4.78 is 8.34. The van der Waals surface area contributed by atoms with Crippen LogP contribution in [-0.2, 0) is 16.4 Å². The van der Waals surface area contributed by atoms with Crippen molar-refractivity contribution in [3.05, 3.63) is 47.4 Å². The average molecular weight is 545 g/mol. The van der Waals surface area contributed by atoms with Crippen LogP contribution in [0.1, 0.15) is 49.3 Å². The predicted molar refractivity (Wildman–Crippen MR) is 154 cm³/mol. The monoisotopic (exact) mass is 544 g/mol. The lowest BCUT2D eigenvalue weighted by molar-refractivity contribution is 0.0744. The van der Waals surface area contributed by atoms with Crippen molar-refractivity contribution in [2.75, 3.05) is 37.4 Å². The molecule has 11 heteroatoms. The molecule has 0 saturated carbocycles. The molecule has 0 aliphatic carbocycles. The van der Waals surface area contributed by atoms with E-state index in [1.807, 2.05) is 12.1 Å². The molecule has 0 fully saturated rings. The van der Waals surface area contributed by atoms with E-state index in [-0.39, 0.29) is 16.4 Å². The largest absolute Gasteiger partial charge is 0.416 e. The normalized spacial score (nSPS) is 18.8. The molecule has 0 bridgehead atoms. The fourth-order valence-corrected chi connectivity index (χ4v) is 5.82. The van der Waals surface area contributed by atoms with E-state index in [1.165, 1.54) is 0 Å². The lowest BCUT2D eigenvalue weighted by Crippen LogP contribution is -2.45. The minimum atomic E-state index is -1.95. The van der Waals surface area contributed by atoms with Gasteiger partial charge in [0.25, 0.3) is 5.91 Å². The molecule has 1 atom stereocenters. The van der Waals surface area contributed by atoms with Crippen molar-refractivity contribution in [2.24, 2.45) is 0 Å². The van der Waals surface area contributed by atoms with Crippen molar-refractivity contribution >= 4 is 31.5 Å². The van der Waals surface area contributed by atoms with E-state index >= 15 is 0 Å². The van der Waals surface area contributed by atoms with Crippen molar-refractivity contribution in [1.82, 2.24) is 24.6 Å². The van der Waals surface area contributed by atoms with Gasteiger partial charge in [-0.2, -0.15) is 10.4 Å². The molecule has 5 rings (SSSR count). The minimum Gasteiger partial charge on any atom is -0.416 e. The number of fused-ring (bicyclic) bond motifs is 2. The van der Waals surface area contributed by atoms with E-state index in [2.05, 4.69) is 73.6 Å². The summed E-state index contributed by atoms with van der Waals surface area (Å²) in [7, 11) is -0.176. The van der Waals surface area contributed by atoms with Crippen molar-refractivity contribution < 1.29 is 9.22 Å². The maximum Gasteiger partial charge on any atom is 0.274 e. The predicted octanol–water partition coefficient (Wildman–Crippen LogP) is 4.75. The number of amides is 1. The van der Waals surface area contributed by atoms with Gasteiger partial charge in [-0.15, -0.1) is 0 Å². The Hall–Kier alpha value is -3.75. The highest BCUT2D eigenvalue weighted by atomic mass is 28.4. The molecule has 2 N–H and O–H groups in total. The van der Waals surface area contributed by atoms with Crippen LogP contribution in [-0.4, -0.2) is 65.6 Å². The number of aromatic nitrogens is 4. The summed E-state index contributed by atoms with van der Waals surface area (Å²) in [5.74, 6) is 0.256. The standard InChI is InChI=1S/C28H36N8O2Si/c1-27(2,3)39(6,7)38-17-28(4)16-31-23-19(14-29)12-18(13-20(23)28)21-8-9-30-26(33-21)34-22-15-32-36-11-10-35(5)25(37)24(22)36/h8-9,12-13,15,31H,10-11,16-17H2,1-7H3,(H,30,33,34)/t28-/m1/s1. The fourth-order valence-electron chi connectivity index (χ4n) is 4.71. The molecule has 0 saturated heterocycles. The molecule has 3 aromatic rings. The van der Waals surface area contributed by atoms with Crippen LogP contribution in [0.5, 0.6) is 0 Å². The maximum absolute atomic E-state index is 12.7. The van der Waals surface area contributed by atoms with Crippen LogP contribution < -0.4 is 10.6 Å². The highest BCUT2D eigenvalue weighted by molar-refractivity contribution is 6.74. The van der Waals surface area contributed by atoms with E-state index in [0.29, 0.717) is 54.8 Å². The first-order valence-electron chi connectivity index (χ1n) is 13.2. The van der Waals surface area contributed by atoms with Crippen molar-refractivity contribution in [3.63, 3.8) is 0 Å². The van der Waals surface area contributed by atoms with Crippen molar-refractivity contribution in [3.8, 4) is 17.3 Å². The van der Waals surface area contributed by atoms with E-state index < -0.39 is 8.32 Å². The quantitative estimate of drug-likeness (QED) is 0.427. The number of nitriles is 1. The van der Waals surface area contributed by atoms with Crippen LogP contribution in [0.2, 0.25) is 18.1 Å². The summed E-state index contributed by atoms with van der Waals surface area (Å²) in [5, 5.41) is 21.1. The third kappa shape index (κ3) is 4.79. The molecule has 39 heavy (non-hydrogen) atoms. The summed E-state index contributed by atoms with van der Waals surface area (Å²) in [6, 6.07) is 8.15. The van der Waals surface area contributed by atoms with E-state index in [0.717, 1.165) is 16.8 Å². The Kier molecular flexibility index (Phi) is 6.51. The number of likely N-dealkylation sites (N-methyl/N-ethyl adjacent to an activating group) is 1. The SMILES string of the molecule is CN1CCn2ncc(Nc3nccc(-c4cc(C#N)c5c(c4)[C@@](C)(CO[Si](C)(C)C(C)(C)C)CN5)n3)c2C1=O. The second kappa shape index (κ2) is 9.46. The first-order chi connectivity index (χ1) is 18.3. The van der Waals surface area contributed by atoms with Gasteiger partial charge in [0.1, 0.15) is 11.8 Å². The summed E-state index contributed by atoms with van der Waals surface area (Å²) in [6.07, 6.45) is 3.30. The fraction of sp³-hybridized carbons (Fsp3) is 0.464. The molecule has 2 aliphatic heterocycles. The molecular formula is C28H36N8O2Si. The van der Waals surface area contributed by atoms with Crippen LogP contribution in [0, 0.1) is 11.3 Å². The Morgan fingerprint density at radius 2 is 2.05 bits per heavy atom. The molecule has 2 aliphatic rings. The molecule has 1 amide bonds. The number of benzene rings is 1. The summed E-state index contributed by atoms with van der Waals surface area (Å²) in [4.78, 5) is 23.5. The van der Waals surface area contributed by atoms with Gasteiger partial charge in [-0.05, 0) is 41.9 Å². The number of anilines is 3. The van der Waals surface area contributed by atoms with Crippen LogP contribution in [0.4, 0.5) is 17.3 Å². The van der Waals surface area contributed by atoms with Gasteiger partial charge in [-0.1, -0.05) is 27.7 Å². The number of rotatable bonds is 6. The van der Waals surface area contributed by atoms with Crippen LogP contribution in [0.25, 0.3) is 11.3 Å². The second-order valence-corrected chi connectivity index (χ2v) is 17.1. The topological polar surface area (TPSA) is 121 Å². The Bertz CT molecular complexity index is 1490. The van der Waals surface area contributed by atoms with Crippen LogP contribution in [0.15, 0.2) is 30.6 Å². The molecular weight excluding hydrogens is 508 g/mol. The molecule has 10 nitrogen and oxygen atoms in total. The lowest BCUT2D eigenvalue weighted by Gasteiger charge is -2.39. The zero-order chi connectivity index (χ0) is 28.2. The third-order valence-electron chi connectivity index (χ3n) is 8.36. The van der Waals surface area contributed by atoms with Crippen molar-refractivity contribution in [2.45, 2.75) is 57.8 Å². The van der Waals surface area contributed by atoms with Gasteiger partial charge in [-0.3, -0.25) is 9.48 Å². The molecule has 2 aromatic heterocycles. The van der Waals surface area contributed by atoms with E-state index in [1.54, 1.807) is 29.0 Å². The summed E-state index contributed by atoms with van der Waals surface area (Å²) >= 11 is 0. The first-order valence-corrected chi connectivity index (χ1v) is 16.1. The molecule has 204 valence electrons. The zero-order valence-corrected chi connectivity index (χ0v) is 24.7. The first kappa shape index (κ1) is 26.8. The minimum absolute atomic E-state index is 0.0959. The number of nitrogens with zero attached hydrogens (tertiary/aromatic N) is 6. The van der Waals surface area contributed by atoms with Crippen LogP contribution >= 0.6 is 0 Å². The molecule has 4 heterocycles. The Morgan fingerprint density at radius 1 is 1.28 bits per heavy atom. The van der Waals surface area contributed by atoms with Gasteiger partial charge in [0.15, 0.2) is 8.32 Å². The van der Waals surface area contributed by atoms with Gasteiger partial charge in [0, 0.05) is 43.9 Å². The summed E-state index contributed by atoms with van der Waals surface area (Å²) in [5.41, 5.74) is 4.77. The van der Waals surface area contributed by atoms with Gasteiger partial charge >= 0.3 is 0 Å². The Morgan fingerprint density at radius 3 is 2.77 bits per heavy atom. The number of hydrogen-bond donors (Lipinski definition) is 2. The number of hydrogen-bond acceptors (Lipinski definition) is 8. The molecule has 0 spiro atoms. The lowest BCUT2D eigenvalue weighted by atomic mass is 9.83. The molecule has 0 radical (unpaired) electrons. The van der Waals surface area contributed by atoms with Crippen LogP contribution in [0.3, 0.4) is 0 Å². The van der Waals surface area contributed by atoms with Crippen molar-refractivity contribution in [1.29, 1.82) is 5.26 Å². The number of nitrogens with one attached hydrogen (secondary N) is 2. The Labute approximate surface area is 230 Å². The van der Waals surface area contributed by atoms with Gasteiger partial charge in [0.05, 0.1) is 35.4 Å². The van der Waals surface area contributed by atoms with E-state index in [9.17, 15) is 10.1 Å². The number of carbonyl (C=O) groups is 1. The highest BCUT2D eigenvalue weighted by Gasteiger charge is 2.42.